The SMILES string of the molecule is CCc1ccc(C2C(S(C)(=O)=O)C2(CN)NC(=O)OC(C)(C)C)cc1. The molecule has 6 nitrogen and oxygen atoms in total. The smallest absolute Gasteiger partial charge is 0.408 e. The van der Waals surface area contributed by atoms with Crippen molar-refractivity contribution < 1.29 is 17.9 Å². The van der Waals surface area contributed by atoms with Gasteiger partial charge in [-0.05, 0) is 38.3 Å². The van der Waals surface area contributed by atoms with E-state index in [2.05, 4.69) is 12.2 Å². The van der Waals surface area contributed by atoms with Gasteiger partial charge in [-0.3, -0.25) is 0 Å². The minimum absolute atomic E-state index is 0.0180. The molecule has 0 bridgehead atoms. The first-order chi connectivity index (χ1) is 11.4. The summed E-state index contributed by atoms with van der Waals surface area (Å²) in [6.45, 7) is 7.33. The summed E-state index contributed by atoms with van der Waals surface area (Å²) in [7, 11) is -3.40. The number of alkyl carbamates (subject to hydrolysis) is 1. The molecule has 0 aliphatic heterocycles. The van der Waals surface area contributed by atoms with Crippen LogP contribution in [0.1, 0.15) is 44.7 Å². The van der Waals surface area contributed by atoms with E-state index in [-0.39, 0.29) is 12.5 Å². The van der Waals surface area contributed by atoms with E-state index in [0.29, 0.717) is 0 Å². The predicted molar refractivity (Wildman–Crippen MR) is 98.3 cm³/mol. The predicted octanol–water partition coefficient (Wildman–Crippen LogP) is 1.98. The number of aryl methyl sites for hydroxylation is 1. The minimum Gasteiger partial charge on any atom is -0.444 e. The molecule has 0 spiro atoms. The van der Waals surface area contributed by atoms with Gasteiger partial charge in [-0.1, -0.05) is 31.2 Å². The lowest BCUT2D eigenvalue weighted by atomic mass is 10.0. The second-order valence-corrected chi connectivity index (χ2v) is 9.86. The summed E-state index contributed by atoms with van der Waals surface area (Å²) < 4.78 is 29.9. The highest BCUT2D eigenvalue weighted by atomic mass is 32.2. The molecule has 2 rings (SSSR count). The molecule has 0 aromatic heterocycles. The van der Waals surface area contributed by atoms with E-state index in [0.717, 1.165) is 12.0 Å². The summed E-state index contributed by atoms with van der Waals surface area (Å²) >= 11 is 0. The Hall–Kier alpha value is -1.60. The zero-order valence-corrected chi connectivity index (χ0v) is 16.3. The maximum absolute atomic E-state index is 12.3. The molecule has 0 heterocycles. The lowest BCUT2D eigenvalue weighted by Crippen LogP contribution is -2.48. The molecule has 7 heteroatoms. The number of hydrogen-bond donors (Lipinski definition) is 2. The van der Waals surface area contributed by atoms with Crippen LogP contribution in [0.15, 0.2) is 24.3 Å². The van der Waals surface area contributed by atoms with E-state index in [4.69, 9.17) is 10.5 Å². The summed E-state index contributed by atoms with van der Waals surface area (Å²) in [4.78, 5) is 12.2. The Labute approximate surface area is 150 Å². The molecule has 3 unspecified atom stereocenters. The van der Waals surface area contributed by atoms with Crippen LogP contribution in [0.25, 0.3) is 0 Å². The number of sulfone groups is 1. The van der Waals surface area contributed by atoms with Crippen molar-refractivity contribution in [2.45, 2.75) is 56.4 Å². The summed E-state index contributed by atoms with van der Waals surface area (Å²) in [5.74, 6) is -0.383. The standard InChI is InChI=1S/C18H28N2O4S/c1-6-12-7-9-13(10-8-12)14-15(25(5,22)23)18(14,11-19)20-16(21)24-17(2,3)4/h7-10,14-15H,6,11,19H2,1-5H3,(H,20,21). The molecule has 1 saturated carbocycles. The third-order valence-corrected chi connectivity index (χ3v) is 6.15. The molecule has 1 fully saturated rings. The van der Waals surface area contributed by atoms with Crippen LogP contribution < -0.4 is 11.1 Å². The molecule has 1 aromatic rings. The van der Waals surface area contributed by atoms with Crippen molar-refractivity contribution in [2.75, 3.05) is 12.8 Å². The second kappa shape index (κ2) is 6.61. The lowest BCUT2D eigenvalue weighted by Gasteiger charge is -2.24. The van der Waals surface area contributed by atoms with Crippen LogP contribution in [0.5, 0.6) is 0 Å². The molecule has 1 amide bonds. The Balaban J connectivity index is 2.34. The Morgan fingerprint density at radius 3 is 2.24 bits per heavy atom. The first kappa shape index (κ1) is 19.7. The van der Waals surface area contributed by atoms with Crippen molar-refractivity contribution in [3.63, 3.8) is 0 Å². The number of carbonyl (C=O) groups is 1. The average molecular weight is 368 g/mol. The topological polar surface area (TPSA) is 98.5 Å². The fraction of sp³-hybridized carbons (Fsp3) is 0.611. The molecule has 0 radical (unpaired) electrons. The summed E-state index contributed by atoms with van der Waals surface area (Å²) in [5, 5.41) is 1.98. The molecule has 1 aliphatic rings. The van der Waals surface area contributed by atoms with Crippen LogP contribution in [0.2, 0.25) is 0 Å². The summed E-state index contributed by atoms with van der Waals surface area (Å²) in [6, 6.07) is 7.77. The second-order valence-electron chi connectivity index (χ2n) is 7.69. The zero-order valence-electron chi connectivity index (χ0n) is 15.5. The number of benzene rings is 1. The van der Waals surface area contributed by atoms with Gasteiger partial charge in [0.2, 0.25) is 0 Å². The van der Waals surface area contributed by atoms with E-state index in [9.17, 15) is 13.2 Å². The third kappa shape index (κ3) is 4.15. The van der Waals surface area contributed by atoms with Crippen molar-refractivity contribution >= 4 is 15.9 Å². The number of hydrogen-bond acceptors (Lipinski definition) is 5. The quantitative estimate of drug-likeness (QED) is 0.828. The van der Waals surface area contributed by atoms with E-state index in [1.807, 2.05) is 24.3 Å². The number of rotatable bonds is 5. The maximum atomic E-state index is 12.3. The fourth-order valence-corrected chi connectivity index (χ4v) is 5.29. The first-order valence-electron chi connectivity index (χ1n) is 8.43. The van der Waals surface area contributed by atoms with Crippen molar-refractivity contribution in [2.24, 2.45) is 5.73 Å². The van der Waals surface area contributed by atoms with Crippen molar-refractivity contribution in [1.82, 2.24) is 5.32 Å². The normalized spacial score (nSPS) is 26.2. The Morgan fingerprint density at radius 2 is 1.84 bits per heavy atom. The third-order valence-electron chi connectivity index (χ3n) is 4.54. The van der Waals surface area contributed by atoms with E-state index < -0.39 is 32.3 Å². The lowest BCUT2D eigenvalue weighted by molar-refractivity contribution is 0.0497. The number of amides is 1. The number of carbonyl (C=O) groups excluding carboxylic acids is 1. The van der Waals surface area contributed by atoms with Crippen LogP contribution in [0, 0.1) is 0 Å². The molecule has 25 heavy (non-hydrogen) atoms. The van der Waals surface area contributed by atoms with Gasteiger partial charge in [0.15, 0.2) is 9.84 Å². The van der Waals surface area contributed by atoms with E-state index in [1.54, 1.807) is 20.8 Å². The highest BCUT2D eigenvalue weighted by molar-refractivity contribution is 7.91. The van der Waals surface area contributed by atoms with Crippen LogP contribution in [-0.4, -0.2) is 43.7 Å². The Bertz CT molecular complexity index is 737. The van der Waals surface area contributed by atoms with Gasteiger partial charge in [0, 0.05) is 18.7 Å². The van der Waals surface area contributed by atoms with Gasteiger partial charge >= 0.3 is 6.09 Å². The monoisotopic (exact) mass is 368 g/mol. The maximum Gasteiger partial charge on any atom is 0.408 e. The highest BCUT2D eigenvalue weighted by Crippen LogP contribution is 2.55. The van der Waals surface area contributed by atoms with Gasteiger partial charge < -0.3 is 15.8 Å². The van der Waals surface area contributed by atoms with Crippen LogP contribution in [-0.2, 0) is 21.0 Å². The van der Waals surface area contributed by atoms with Crippen molar-refractivity contribution in [3.8, 4) is 0 Å². The number of nitrogens with one attached hydrogen (secondary N) is 1. The Morgan fingerprint density at radius 1 is 1.28 bits per heavy atom. The highest BCUT2D eigenvalue weighted by Gasteiger charge is 2.70. The van der Waals surface area contributed by atoms with Crippen molar-refractivity contribution in [1.29, 1.82) is 0 Å². The van der Waals surface area contributed by atoms with Gasteiger partial charge in [0.1, 0.15) is 5.60 Å². The molecule has 140 valence electrons. The van der Waals surface area contributed by atoms with Crippen LogP contribution in [0.3, 0.4) is 0 Å². The fourth-order valence-electron chi connectivity index (χ4n) is 3.40. The molecular weight excluding hydrogens is 340 g/mol. The van der Waals surface area contributed by atoms with Crippen LogP contribution in [0.4, 0.5) is 4.79 Å². The number of ether oxygens (including phenoxy) is 1. The van der Waals surface area contributed by atoms with E-state index >= 15 is 0 Å². The largest absolute Gasteiger partial charge is 0.444 e. The molecule has 3 N–H and O–H groups in total. The summed E-state index contributed by atoms with van der Waals surface area (Å²) in [5.41, 5.74) is 6.23. The van der Waals surface area contributed by atoms with E-state index in [1.165, 1.54) is 11.8 Å². The molecular formula is C18H28N2O4S. The molecule has 0 saturated heterocycles. The number of nitrogens with two attached hydrogens (primary N) is 1. The minimum atomic E-state index is -3.40. The van der Waals surface area contributed by atoms with Gasteiger partial charge in [0.25, 0.3) is 0 Å². The van der Waals surface area contributed by atoms with Crippen LogP contribution >= 0.6 is 0 Å². The van der Waals surface area contributed by atoms with Gasteiger partial charge in [-0.15, -0.1) is 0 Å². The van der Waals surface area contributed by atoms with Gasteiger partial charge in [-0.2, -0.15) is 0 Å². The molecule has 1 aromatic carbocycles. The van der Waals surface area contributed by atoms with Gasteiger partial charge in [-0.25, -0.2) is 13.2 Å². The van der Waals surface area contributed by atoms with Gasteiger partial charge in [0.05, 0.1) is 10.8 Å². The molecule has 3 atom stereocenters. The van der Waals surface area contributed by atoms with Crippen molar-refractivity contribution in [3.05, 3.63) is 35.4 Å². The summed E-state index contributed by atoms with van der Waals surface area (Å²) in [6.07, 6.45) is 1.43. The average Bonchev–Trinajstić information content (AvgIpc) is 3.14. The first-order valence-corrected chi connectivity index (χ1v) is 10.4. The molecule has 1 aliphatic carbocycles. The zero-order chi connectivity index (χ0) is 19.0. The Kier molecular flexibility index (Phi) is 5.21.